The van der Waals surface area contributed by atoms with Gasteiger partial charge in [-0.2, -0.15) is 0 Å². The van der Waals surface area contributed by atoms with E-state index in [1.807, 2.05) is 13.0 Å². The lowest BCUT2D eigenvalue weighted by Gasteiger charge is -2.24. The van der Waals surface area contributed by atoms with Gasteiger partial charge >= 0.3 is 0 Å². The van der Waals surface area contributed by atoms with Crippen LogP contribution in [0.15, 0.2) is 29.8 Å². The van der Waals surface area contributed by atoms with Gasteiger partial charge in [0.2, 0.25) is 0 Å². The van der Waals surface area contributed by atoms with Crippen LogP contribution in [0.1, 0.15) is 47.0 Å². The maximum Gasteiger partial charge on any atom is 0.121 e. The average molecular weight is 345 g/mol. The summed E-state index contributed by atoms with van der Waals surface area (Å²) in [5.74, 6) is 0.732. The molecule has 0 saturated heterocycles. The van der Waals surface area contributed by atoms with Gasteiger partial charge in [0.25, 0.3) is 0 Å². The minimum absolute atomic E-state index is 0.0361. The molecule has 0 atom stereocenters. The fourth-order valence-electron chi connectivity index (χ4n) is 2.20. The first-order valence-corrected chi connectivity index (χ1v) is 8.47. The minimum atomic E-state index is -0.0361. The fourth-order valence-corrected chi connectivity index (χ4v) is 2.49. The van der Waals surface area contributed by atoms with Gasteiger partial charge in [0, 0.05) is 12.7 Å². The maximum absolute atomic E-state index is 5.95. The van der Waals surface area contributed by atoms with E-state index >= 15 is 0 Å². The van der Waals surface area contributed by atoms with E-state index in [9.17, 15) is 0 Å². The molecule has 1 aromatic carbocycles. The van der Waals surface area contributed by atoms with Crippen molar-refractivity contribution in [2.75, 3.05) is 13.2 Å². The second kappa shape index (κ2) is 9.44. The molecule has 2 nitrogen and oxygen atoms in total. The Hall–Kier alpha value is -0.700. The van der Waals surface area contributed by atoms with Crippen molar-refractivity contribution < 1.29 is 9.47 Å². The SMILES string of the molecule is CCOC(C)(C)CCC/C(C)=C/COc1ccc(Cl)c(Cl)c1. The number of benzene rings is 1. The van der Waals surface area contributed by atoms with E-state index in [1.54, 1.807) is 12.1 Å². The molecule has 0 aromatic heterocycles. The standard InChI is InChI=1S/C18H26Cl2O2/c1-5-22-18(3,4)11-6-7-14(2)10-12-21-15-8-9-16(19)17(20)13-15/h8-10,13H,5-7,11-12H2,1-4H3/b14-10+. The van der Waals surface area contributed by atoms with Gasteiger partial charge < -0.3 is 9.47 Å². The Kier molecular flexibility index (Phi) is 8.30. The number of hydrogen-bond acceptors (Lipinski definition) is 2. The topological polar surface area (TPSA) is 18.5 Å². The van der Waals surface area contributed by atoms with Crippen LogP contribution in [0, 0.1) is 0 Å². The molecule has 0 spiro atoms. The number of rotatable bonds is 9. The lowest BCUT2D eigenvalue weighted by Crippen LogP contribution is -2.24. The highest BCUT2D eigenvalue weighted by Crippen LogP contribution is 2.26. The Labute approximate surface area is 144 Å². The van der Waals surface area contributed by atoms with Crippen LogP contribution in [-0.2, 0) is 4.74 Å². The molecule has 0 aliphatic carbocycles. The van der Waals surface area contributed by atoms with Crippen LogP contribution in [0.25, 0.3) is 0 Å². The van der Waals surface area contributed by atoms with Gasteiger partial charge in [0.05, 0.1) is 15.6 Å². The lowest BCUT2D eigenvalue weighted by atomic mass is 9.99. The van der Waals surface area contributed by atoms with Gasteiger partial charge in [-0.1, -0.05) is 28.8 Å². The maximum atomic E-state index is 5.95. The first-order chi connectivity index (χ1) is 10.3. The molecular formula is C18H26Cl2O2. The van der Waals surface area contributed by atoms with Crippen LogP contribution < -0.4 is 4.74 Å². The van der Waals surface area contributed by atoms with Gasteiger partial charge in [0.1, 0.15) is 12.4 Å². The Bertz CT molecular complexity index is 496. The zero-order valence-corrected chi connectivity index (χ0v) is 15.4. The first kappa shape index (κ1) is 19.3. The average Bonchev–Trinajstić information content (AvgIpc) is 2.42. The molecule has 1 aromatic rings. The summed E-state index contributed by atoms with van der Waals surface area (Å²) in [7, 11) is 0. The van der Waals surface area contributed by atoms with E-state index in [1.165, 1.54) is 5.57 Å². The third kappa shape index (κ3) is 7.53. The second-order valence-corrected chi connectivity index (χ2v) is 6.80. The van der Waals surface area contributed by atoms with Crippen molar-refractivity contribution in [2.45, 2.75) is 52.6 Å². The van der Waals surface area contributed by atoms with Crippen molar-refractivity contribution in [3.63, 3.8) is 0 Å². The van der Waals surface area contributed by atoms with Crippen LogP contribution in [-0.4, -0.2) is 18.8 Å². The van der Waals surface area contributed by atoms with E-state index in [-0.39, 0.29) is 5.60 Å². The molecule has 0 aliphatic rings. The van der Waals surface area contributed by atoms with Gasteiger partial charge in [-0.3, -0.25) is 0 Å². The normalized spacial score (nSPS) is 12.5. The first-order valence-electron chi connectivity index (χ1n) is 7.71. The summed E-state index contributed by atoms with van der Waals surface area (Å²) in [6.45, 7) is 9.75. The Morgan fingerprint density at radius 1 is 1.23 bits per heavy atom. The predicted octanol–water partition coefficient (Wildman–Crippen LogP) is 6.30. The van der Waals surface area contributed by atoms with Crippen molar-refractivity contribution in [2.24, 2.45) is 0 Å². The minimum Gasteiger partial charge on any atom is -0.489 e. The summed E-state index contributed by atoms with van der Waals surface area (Å²) in [4.78, 5) is 0. The zero-order valence-electron chi connectivity index (χ0n) is 13.9. The largest absolute Gasteiger partial charge is 0.489 e. The number of ether oxygens (including phenoxy) is 2. The summed E-state index contributed by atoms with van der Waals surface area (Å²) in [5, 5.41) is 1.05. The van der Waals surface area contributed by atoms with Gasteiger partial charge in [0.15, 0.2) is 0 Å². The molecule has 22 heavy (non-hydrogen) atoms. The number of halogens is 2. The van der Waals surface area contributed by atoms with Crippen molar-refractivity contribution in [3.05, 3.63) is 39.9 Å². The van der Waals surface area contributed by atoms with Crippen LogP contribution in [0.2, 0.25) is 10.0 Å². The highest BCUT2D eigenvalue weighted by molar-refractivity contribution is 6.42. The van der Waals surface area contributed by atoms with E-state index < -0.39 is 0 Å². The molecule has 4 heteroatoms. The van der Waals surface area contributed by atoms with Crippen molar-refractivity contribution >= 4 is 23.2 Å². The van der Waals surface area contributed by atoms with Crippen LogP contribution in [0.3, 0.4) is 0 Å². The molecule has 0 heterocycles. The summed E-state index contributed by atoms with van der Waals surface area (Å²) >= 11 is 11.8. The van der Waals surface area contributed by atoms with E-state index in [0.29, 0.717) is 16.7 Å². The molecule has 0 radical (unpaired) electrons. The Morgan fingerprint density at radius 2 is 1.95 bits per heavy atom. The predicted molar refractivity (Wildman–Crippen MR) is 95.3 cm³/mol. The van der Waals surface area contributed by atoms with Crippen molar-refractivity contribution in [1.82, 2.24) is 0 Å². The summed E-state index contributed by atoms with van der Waals surface area (Å²) in [6, 6.07) is 5.30. The molecule has 1 rings (SSSR count). The molecule has 0 saturated carbocycles. The van der Waals surface area contributed by atoms with Crippen molar-refractivity contribution in [1.29, 1.82) is 0 Å². The Balaban J connectivity index is 2.32. The summed E-state index contributed by atoms with van der Waals surface area (Å²) in [6.07, 6.45) is 5.33. The number of hydrogen-bond donors (Lipinski definition) is 0. The van der Waals surface area contributed by atoms with Gasteiger partial charge in [-0.15, -0.1) is 0 Å². The zero-order chi connectivity index (χ0) is 16.6. The summed E-state index contributed by atoms with van der Waals surface area (Å²) in [5.41, 5.74) is 1.29. The van der Waals surface area contributed by atoms with Crippen molar-refractivity contribution in [3.8, 4) is 5.75 Å². The summed E-state index contributed by atoms with van der Waals surface area (Å²) < 4.78 is 11.4. The Morgan fingerprint density at radius 3 is 2.59 bits per heavy atom. The van der Waals surface area contributed by atoms with Crippen LogP contribution in [0.5, 0.6) is 5.75 Å². The highest BCUT2D eigenvalue weighted by atomic mass is 35.5. The molecule has 0 amide bonds. The number of allylic oxidation sites excluding steroid dienone is 1. The van der Waals surface area contributed by atoms with Crippen LogP contribution >= 0.6 is 23.2 Å². The fraction of sp³-hybridized carbons (Fsp3) is 0.556. The second-order valence-electron chi connectivity index (χ2n) is 5.98. The van der Waals surface area contributed by atoms with Gasteiger partial charge in [-0.25, -0.2) is 0 Å². The van der Waals surface area contributed by atoms with Gasteiger partial charge in [-0.05, 0) is 65.2 Å². The smallest absolute Gasteiger partial charge is 0.121 e. The van der Waals surface area contributed by atoms with Crippen LogP contribution in [0.4, 0.5) is 0 Å². The molecule has 0 unspecified atom stereocenters. The molecule has 0 aliphatic heterocycles. The third-order valence-electron chi connectivity index (χ3n) is 3.46. The molecule has 124 valence electrons. The molecular weight excluding hydrogens is 319 g/mol. The molecule has 0 N–H and O–H groups in total. The lowest BCUT2D eigenvalue weighted by molar-refractivity contribution is -0.0173. The molecule has 0 bridgehead atoms. The third-order valence-corrected chi connectivity index (χ3v) is 4.20. The molecule has 0 fully saturated rings. The van der Waals surface area contributed by atoms with E-state index in [2.05, 4.69) is 26.8 Å². The van der Waals surface area contributed by atoms with E-state index in [4.69, 9.17) is 32.7 Å². The monoisotopic (exact) mass is 344 g/mol. The highest BCUT2D eigenvalue weighted by Gasteiger charge is 2.16. The van der Waals surface area contributed by atoms with E-state index in [0.717, 1.165) is 31.6 Å². The quantitative estimate of drug-likeness (QED) is 0.489.